The van der Waals surface area contributed by atoms with Crippen molar-refractivity contribution in [2.45, 2.75) is 25.4 Å². The van der Waals surface area contributed by atoms with Crippen LogP contribution in [0.5, 0.6) is 0 Å². The smallest absolute Gasteiger partial charge is 0.128 e. The number of aliphatic hydroxyl groups excluding tert-OH is 1. The van der Waals surface area contributed by atoms with Crippen molar-refractivity contribution < 1.29 is 9.50 Å². The van der Waals surface area contributed by atoms with E-state index in [0.29, 0.717) is 23.7 Å². The van der Waals surface area contributed by atoms with E-state index in [9.17, 15) is 4.39 Å². The number of hydrogen-bond donors (Lipinski definition) is 1. The molecule has 1 aromatic rings. The molecule has 1 aromatic carbocycles. The van der Waals surface area contributed by atoms with Gasteiger partial charge >= 0.3 is 0 Å². The van der Waals surface area contributed by atoms with Crippen LogP contribution in [0.1, 0.15) is 24.0 Å². The maximum Gasteiger partial charge on any atom is 0.128 e. The van der Waals surface area contributed by atoms with Gasteiger partial charge in [-0.05, 0) is 45.6 Å². The van der Waals surface area contributed by atoms with Crippen LogP contribution >= 0.6 is 0 Å². The Morgan fingerprint density at radius 1 is 1.48 bits per heavy atom. The minimum atomic E-state index is -0.226. The molecule has 0 aliphatic carbocycles. The summed E-state index contributed by atoms with van der Waals surface area (Å²) in [5, 5.41) is 8.66. The minimum absolute atomic E-state index is 0.207. The Morgan fingerprint density at radius 2 is 2.29 bits per heavy atom. The van der Waals surface area contributed by atoms with Crippen LogP contribution in [-0.4, -0.2) is 54.7 Å². The summed E-state index contributed by atoms with van der Waals surface area (Å²) >= 11 is 0. The molecule has 1 atom stereocenters. The van der Waals surface area contributed by atoms with E-state index in [1.54, 1.807) is 6.07 Å². The normalized spacial score (nSPS) is 19.4. The van der Waals surface area contributed by atoms with Crippen LogP contribution < -0.4 is 0 Å². The molecule has 0 amide bonds. The van der Waals surface area contributed by atoms with Gasteiger partial charge < -0.3 is 10.0 Å². The van der Waals surface area contributed by atoms with Crippen molar-refractivity contribution in [3.8, 4) is 11.8 Å². The van der Waals surface area contributed by atoms with Gasteiger partial charge in [0.05, 0.1) is 0 Å². The second-order valence-electron chi connectivity index (χ2n) is 5.74. The Labute approximate surface area is 126 Å². The number of halogens is 1. The Bertz CT molecular complexity index is 535. The number of hydrogen-bond acceptors (Lipinski definition) is 3. The fraction of sp³-hybridized carbons (Fsp3) is 0.529. The first kappa shape index (κ1) is 16.0. The predicted molar refractivity (Wildman–Crippen MR) is 82.3 cm³/mol. The highest BCUT2D eigenvalue weighted by Crippen LogP contribution is 2.18. The van der Waals surface area contributed by atoms with Crippen LogP contribution in [0.3, 0.4) is 0 Å². The molecule has 0 bridgehead atoms. The van der Waals surface area contributed by atoms with E-state index in [0.717, 1.165) is 13.1 Å². The molecule has 1 aliphatic rings. The Balaban J connectivity index is 2.01. The van der Waals surface area contributed by atoms with Crippen molar-refractivity contribution in [3.05, 3.63) is 35.1 Å². The maximum absolute atomic E-state index is 14.1. The summed E-state index contributed by atoms with van der Waals surface area (Å²) in [6, 6.07) is 5.53. The molecule has 1 saturated heterocycles. The first-order valence-corrected chi connectivity index (χ1v) is 7.37. The molecule has 1 fully saturated rings. The number of rotatable bonds is 3. The van der Waals surface area contributed by atoms with Gasteiger partial charge in [0.25, 0.3) is 0 Å². The zero-order valence-corrected chi connectivity index (χ0v) is 12.8. The zero-order chi connectivity index (χ0) is 15.2. The SMILES string of the molecule is CN1CCCC(N(C)Cc2ccc(C#CCO)cc2F)C1. The first-order chi connectivity index (χ1) is 10.1. The Kier molecular flexibility index (Phi) is 5.75. The number of nitrogens with zero attached hydrogens (tertiary/aromatic N) is 2. The molecular formula is C17H23FN2O. The Hall–Kier alpha value is -1.41. The van der Waals surface area contributed by atoms with Crippen LogP contribution in [0.15, 0.2) is 18.2 Å². The third-order valence-electron chi connectivity index (χ3n) is 4.01. The third kappa shape index (κ3) is 4.53. The highest BCUT2D eigenvalue weighted by molar-refractivity contribution is 5.37. The molecule has 2 rings (SSSR count). The molecule has 3 nitrogen and oxygen atoms in total. The topological polar surface area (TPSA) is 26.7 Å². The lowest BCUT2D eigenvalue weighted by Gasteiger charge is -2.36. The van der Waals surface area contributed by atoms with E-state index in [-0.39, 0.29) is 12.4 Å². The minimum Gasteiger partial charge on any atom is -0.384 e. The number of aliphatic hydroxyl groups is 1. The lowest BCUT2D eigenvalue weighted by Crippen LogP contribution is -2.44. The van der Waals surface area contributed by atoms with Crippen molar-refractivity contribution >= 4 is 0 Å². The quantitative estimate of drug-likeness (QED) is 0.858. The first-order valence-electron chi connectivity index (χ1n) is 7.37. The Morgan fingerprint density at radius 3 is 2.95 bits per heavy atom. The second kappa shape index (κ2) is 7.56. The highest BCUT2D eigenvalue weighted by atomic mass is 19.1. The standard InChI is InChI=1S/C17H23FN2O/c1-19-9-3-6-16(13-19)20(2)12-15-8-7-14(5-4-10-21)11-17(15)18/h7-8,11,16,21H,3,6,9-10,12-13H2,1-2H3. The molecule has 0 spiro atoms. The van der Waals surface area contributed by atoms with Gasteiger partial charge in [-0.1, -0.05) is 17.9 Å². The highest BCUT2D eigenvalue weighted by Gasteiger charge is 2.21. The summed E-state index contributed by atoms with van der Waals surface area (Å²) in [7, 11) is 4.19. The summed E-state index contributed by atoms with van der Waals surface area (Å²) in [5.41, 5.74) is 1.30. The van der Waals surface area contributed by atoms with Crippen molar-refractivity contribution in [2.75, 3.05) is 33.8 Å². The van der Waals surface area contributed by atoms with Gasteiger partial charge in [0.2, 0.25) is 0 Å². The molecule has 0 saturated carbocycles. The summed E-state index contributed by atoms with van der Waals surface area (Å²) in [6.45, 7) is 2.59. The fourth-order valence-electron chi connectivity index (χ4n) is 2.79. The summed E-state index contributed by atoms with van der Waals surface area (Å²) in [5.74, 6) is 5.03. The number of benzene rings is 1. The van der Waals surface area contributed by atoms with Gasteiger partial charge in [0.15, 0.2) is 0 Å². The largest absolute Gasteiger partial charge is 0.384 e. The van der Waals surface area contributed by atoms with Gasteiger partial charge in [-0.2, -0.15) is 0 Å². The zero-order valence-electron chi connectivity index (χ0n) is 12.8. The molecule has 1 N–H and O–H groups in total. The number of likely N-dealkylation sites (tertiary alicyclic amines) is 1. The fourth-order valence-corrected chi connectivity index (χ4v) is 2.79. The summed E-state index contributed by atoms with van der Waals surface area (Å²) in [6.07, 6.45) is 2.37. The van der Waals surface area contributed by atoms with Crippen LogP contribution in [0.2, 0.25) is 0 Å². The molecule has 1 aliphatic heterocycles. The molecule has 0 radical (unpaired) electrons. The number of likely N-dealkylation sites (N-methyl/N-ethyl adjacent to an activating group) is 2. The van der Waals surface area contributed by atoms with Gasteiger partial charge in [0.1, 0.15) is 12.4 Å². The predicted octanol–water partition coefficient (Wildman–Crippen LogP) is 1.70. The van der Waals surface area contributed by atoms with E-state index >= 15 is 0 Å². The molecule has 114 valence electrons. The van der Waals surface area contributed by atoms with Gasteiger partial charge in [-0.15, -0.1) is 0 Å². The van der Waals surface area contributed by atoms with E-state index in [1.165, 1.54) is 18.9 Å². The van der Waals surface area contributed by atoms with Crippen LogP contribution in [0, 0.1) is 17.7 Å². The van der Waals surface area contributed by atoms with Gasteiger partial charge in [-0.3, -0.25) is 4.90 Å². The average molecular weight is 290 g/mol. The molecule has 0 aromatic heterocycles. The monoisotopic (exact) mass is 290 g/mol. The van der Waals surface area contributed by atoms with Crippen LogP contribution in [0.4, 0.5) is 4.39 Å². The summed E-state index contributed by atoms with van der Waals surface area (Å²) in [4.78, 5) is 4.56. The average Bonchev–Trinajstić information content (AvgIpc) is 2.47. The van der Waals surface area contributed by atoms with E-state index < -0.39 is 0 Å². The lowest BCUT2D eigenvalue weighted by molar-refractivity contribution is 0.128. The second-order valence-corrected chi connectivity index (χ2v) is 5.74. The lowest BCUT2D eigenvalue weighted by atomic mass is 10.0. The third-order valence-corrected chi connectivity index (χ3v) is 4.01. The van der Waals surface area contributed by atoms with Gasteiger partial charge in [-0.25, -0.2) is 4.39 Å². The van der Waals surface area contributed by atoms with E-state index in [1.807, 2.05) is 6.07 Å². The molecule has 1 heterocycles. The molecule has 1 unspecified atom stereocenters. The molecule has 4 heteroatoms. The molecule has 21 heavy (non-hydrogen) atoms. The van der Waals surface area contributed by atoms with E-state index in [4.69, 9.17) is 5.11 Å². The summed E-state index contributed by atoms with van der Waals surface area (Å²) < 4.78 is 14.1. The van der Waals surface area contributed by atoms with E-state index in [2.05, 4.69) is 35.7 Å². The van der Waals surface area contributed by atoms with Crippen molar-refractivity contribution in [1.29, 1.82) is 0 Å². The van der Waals surface area contributed by atoms with Crippen LogP contribution in [-0.2, 0) is 6.54 Å². The van der Waals surface area contributed by atoms with Crippen molar-refractivity contribution in [2.24, 2.45) is 0 Å². The number of piperidine rings is 1. The maximum atomic E-state index is 14.1. The van der Waals surface area contributed by atoms with Crippen molar-refractivity contribution in [3.63, 3.8) is 0 Å². The molecular weight excluding hydrogens is 267 g/mol. The van der Waals surface area contributed by atoms with Gasteiger partial charge in [0, 0.05) is 30.3 Å². The van der Waals surface area contributed by atoms with Crippen LogP contribution in [0.25, 0.3) is 0 Å². The van der Waals surface area contributed by atoms with Crippen molar-refractivity contribution in [1.82, 2.24) is 9.80 Å².